The van der Waals surface area contributed by atoms with Crippen molar-refractivity contribution in [3.05, 3.63) is 95.5 Å². The topological polar surface area (TPSA) is 31.6 Å². The van der Waals surface area contributed by atoms with Gasteiger partial charge in [-0.1, -0.05) is 55.1 Å². The summed E-state index contributed by atoms with van der Waals surface area (Å²) in [5, 5.41) is 0. The van der Waals surface area contributed by atoms with Gasteiger partial charge < -0.3 is 13.9 Å². The highest BCUT2D eigenvalue weighted by Crippen LogP contribution is 2.51. The Morgan fingerprint density at radius 2 is 1.81 bits per heavy atom. The van der Waals surface area contributed by atoms with Crippen LogP contribution < -0.4 is 0 Å². The van der Waals surface area contributed by atoms with Gasteiger partial charge in [0.1, 0.15) is 17.3 Å². The lowest BCUT2D eigenvalue weighted by molar-refractivity contribution is -0.183. The van der Waals surface area contributed by atoms with Crippen LogP contribution in [0.5, 0.6) is 0 Å². The molecule has 0 spiro atoms. The van der Waals surface area contributed by atoms with E-state index in [0.717, 1.165) is 18.4 Å². The molecule has 2 aromatic carbocycles. The summed E-state index contributed by atoms with van der Waals surface area (Å²) in [6.07, 6.45) is 9.65. The van der Waals surface area contributed by atoms with Crippen LogP contribution in [-0.2, 0) is 14.9 Å². The van der Waals surface area contributed by atoms with Gasteiger partial charge in [-0.15, -0.1) is 0 Å². The predicted molar refractivity (Wildman–Crippen MR) is 124 cm³/mol. The van der Waals surface area contributed by atoms with Crippen LogP contribution in [0, 0.1) is 5.82 Å². The summed E-state index contributed by atoms with van der Waals surface area (Å²) in [5.41, 5.74) is 3.65. The van der Waals surface area contributed by atoms with Crippen molar-refractivity contribution in [1.29, 1.82) is 0 Å². The second-order valence-electron chi connectivity index (χ2n) is 8.55. The standard InChI is InChI=1S/C28H27FO3/c1-2-25-20(8-6-13-28(14-15-28)22-9-4-3-5-10-22)19-26(32-25)23-12-11-21(18-24(23)29)27-30-16-7-17-31-27/h2-6,8-12,18-19,27H,1,7,13-17H2/b8-6-. The van der Waals surface area contributed by atoms with Gasteiger partial charge in [0, 0.05) is 11.1 Å². The SMILES string of the molecule is C=Cc1oc(-c2ccc(C3OCCCO3)cc2F)cc1/C=C\CC1(c2ccccc2)CC1. The van der Waals surface area contributed by atoms with E-state index < -0.39 is 6.29 Å². The van der Waals surface area contributed by atoms with Crippen LogP contribution in [0.1, 0.15) is 54.4 Å². The summed E-state index contributed by atoms with van der Waals surface area (Å²) in [4.78, 5) is 0. The predicted octanol–water partition coefficient (Wildman–Crippen LogP) is 7.30. The van der Waals surface area contributed by atoms with E-state index in [1.807, 2.05) is 12.1 Å². The highest BCUT2D eigenvalue weighted by Gasteiger charge is 2.42. The lowest BCUT2D eigenvalue weighted by Crippen LogP contribution is -2.17. The van der Waals surface area contributed by atoms with Crippen LogP contribution in [-0.4, -0.2) is 13.2 Å². The maximum atomic E-state index is 14.9. The van der Waals surface area contributed by atoms with Crippen molar-refractivity contribution in [1.82, 2.24) is 0 Å². The summed E-state index contributed by atoms with van der Waals surface area (Å²) >= 11 is 0. The van der Waals surface area contributed by atoms with E-state index in [1.165, 1.54) is 24.5 Å². The first-order valence-corrected chi connectivity index (χ1v) is 11.2. The van der Waals surface area contributed by atoms with Gasteiger partial charge in [0.25, 0.3) is 0 Å². The number of benzene rings is 2. The smallest absolute Gasteiger partial charge is 0.183 e. The first-order chi connectivity index (χ1) is 15.7. The third-order valence-electron chi connectivity index (χ3n) is 6.38. The summed E-state index contributed by atoms with van der Waals surface area (Å²) < 4.78 is 32.0. The van der Waals surface area contributed by atoms with E-state index in [1.54, 1.807) is 12.1 Å². The Morgan fingerprint density at radius 1 is 1.03 bits per heavy atom. The molecule has 3 aromatic rings. The molecule has 4 heteroatoms. The molecule has 0 radical (unpaired) electrons. The molecule has 2 aliphatic rings. The molecule has 164 valence electrons. The Labute approximate surface area is 188 Å². The number of hydrogen-bond donors (Lipinski definition) is 0. The molecule has 2 fully saturated rings. The fourth-order valence-corrected chi connectivity index (χ4v) is 4.36. The third-order valence-corrected chi connectivity index (χ3v) is 6.38. The van der Waals surface area contributed by atoms with Gasteiger partial charge >= 0.3 is 0 Å². The molecule has 1 aromatic heterocycles. The van der Waals surface area contributed by atoms with Crippen molar-refractivity contribution in [2.75, 3.05) is 13.2 Å². The molecule has 2 heterocycles. The molecule has 1 saturated heterocycles. The maximum Gasteiger partial charge on any atom is 0.183 e. The molecule has 1 saturated carbocycles. The number of hydrogen-bond acceptors (Lipinski definition) is 3. The van der Waals surface area contributed by atoms with Crippen LogP contribution >= 0.6 is 0 Å². The van der Waals surface area contributed by atoms with Crippen molar-refractivity contribution < 1.29 is 18.3 Å². The summed E-state index contributed by atoms with van der Waals surface area (Å²) in [6.45, 7) is 5.10. The minimum atomic E-state index is -0.509. The minimum absolute atomic E-state index is 0.254. The zero-order chi connectivity index (χ0) is 22.0. The van der Waals surface area contributed by atoms with Gasteiger partial charge in [-0.25, -0.2) is 4.39 Å². The van der Waals surface area contributed by atoms with Gasteiger partial charge in [-0.3, -0.25) is 0 Å². The Kier molecular flexibility index (Phi) is 5.81. The zero-order valence-electron chi connectivity index (χ0n) is 18.1. The van der Waals surface area contributed by atoms with Crippen LogP contribution in [0.25, 0.3) is 23.5 Å². The van der Waals surface area contributed by atoms with Crippen molar-refractivity contribution in [2.45, 2.75) is 37.4 Å². The molecular weight excluding hydrogens is 403 g/mol. The Hall–Kier alpha value is -2.95. The minimum Gasteiger partial charge on any atom is -0.456 e. The molecule has 32 heavy (non-hydrogen) atoms. The van der Waals surface area contributed by atoms with Crippen molar-refractivity contribution in [2.24, 2.45) is 0 Å². The van der Waals surface area contributed by atoms with E-state index >= 15 is 0 Å². The molecule has 0 bridgehead atoms. The van der Waals surface area contributed by atoms with Gasteiger partial charge in [0.15, 0.2) is 6.29 Å². The summed E-state index contributed by atoms with van der Waals surface area (Å²) in [6, 6.07) is 17.6. The summed E-state index contributed by atoms with van der Waals surface area (Å²) in [7, 11) is 0. The molecule has 0 atom stereocenters. The second kappa shape index (κ2) is 8.89. The van der Waals surface area contributed by atoms with Crippen molar-refractivity contribution in [3.8, 4) is 11.3 Å². The average molecular weight is 431 g/mol. The first-order valence-electron chi connectivity index (χ1n) is 11.2. The summed E-state index contributed by atoms with van der Waals surface area (Å²) in [5.74, 6) is 0.766. The number of halogens is 1. The molecule has 1 aliphatic heterocycles. The van der Waals surface area contributed by atoms with E-state index in [9.17, 15) is 4.39 Å². The van der Waals surface area contributed by atoms with Gasteiger partial charge in [-0.05, 0) is 60.9 Å². The number of allylic oxidation sites excluding steroid dienone is 1. The lowest BCUT2D eigenvalue weighted by Gasteiger charge is -2.23. The molecular formula is C28H27FO3. The third kappa shape index (κ3) is 4.21. The molecule has 0 N–H and O–H groups in total. The highest BCUT2D eigenvalue weighted by molar-refractivity contribution is 5.69. The molecule has 0 amide bonds. The molecule has 1 aliphatic carbocycles. The normalized spacial score (nSPS) is 18.2. The van der Waals surface area contributed by atoms with E-state index in [4.69, 9.17) is 13.9 Å². The average Bonchev–Trinajstić information content (AvgIpc) is 3.52. The molecule has 3 nitrogen and oxygen atoms in total. The monoisotopic (exact) mass is 430 g/mol. The van der Waals surface area contributed by atoms with E-state index in [-0.39, 0.29) is 11.2 Å². The van der Waals surface area contributed by atoms with E-state index in [2.05, 4.69) is 49.1 Å². The zero-order valence-corrected chi connectivity index (χ0v) is 18.1. The Bertz CT molecular complexity index is 1120. The van der Waals surface area contributed by atoms with Crippen LogP contribution in [0.2, 0.25) is 0 Å². The van der Waals surface area contributed by atoms with Gasteiger partial charge in [0.2, 0.25) is 0 Å². The first kappa shape index (κ1) is 20.9. The van der Waals surface area contributed by atoms with Crippen molar-refractivity contribution >= 4 is 12.2 Å². The fraction of sp³-hybridized carbons (Fsp3) is 0.286. The fourth-order valence-electron chi connectivity index (χ4n) is 4.36. The second-order valence-corrected chi connectivity index (χ2v) is 8.55. The largest absolute Gasteiger partial charge is 0.456 e. The van der Waals surface area contributed by atoms with Crippen molar-refractivity contribution in [3.63, 3.8) is 0 Å². The Balaban J connectivity index is 1.34. The highest BCUT2D eigenvalue weighted by atomic mass is 19.1. The Morgan fingerprint density at radius 3 is 2.50 bits per heavy atom. The van der Waals surface area contributed by atoms with Gasteiger partial charge in [-0.2, -0.15) is 0 Å². The lowest BCUT2D eigenvalue weighted by atomic mass is 9.92. The number of rotatable bonds is 7. The molecule has 0 unspecified atom stereocenters. The number of ether oxygens (including phenoxy) is 2. The quantitative estimate of drug-likeness (QED) is 0.394. The van der Waals surface area contributed by atoms with Crippen LogP contribution in [0.4, 0.5) is 4.39 Å². The van der Waals surface area contributed by atoms with Crippen LogP contribution in [0.15, 0.2) is 71.7 Å². The molecule has 5 rings (SSSR count). The number of furan rings is 1. The van der Waals surface area contributed by atoms with E-state index in [0.29, 0.717) is 35.9 Å². The van der Waals surface area contributed by atoms with Gasteiger partial charge in [0.05, 0.1) is 18.8 Å². The maximum absolute atomic E-state index is 14.9. The van der Waals surface area contributed by atoms with Crippen LogP contribution in [0.3, 0.4) is 0 Å².